The molecule has 0 aromatic heterocycles. The minimum absolute atomic E-state index is 0.0476. The molecule has 0 saturated heterocycles. The molecule has 0 aliphatic rings. The van der Waals surface area contributed by atoms with Gasteiger partial charge in [-0.15, -0.1) is 0 Å². The van der Waals surface area contributed by atoms with Crippen molar-refractivity contribution in [2.45, 2.75) is 0 Å². The SMILES string of the molecule is COc1cccc(C(=O)Nc2ccc(O)c(Cl)c2)c1OC. The fraction of sp³-hybridized carbons (Fsp3) is 0.133. The normalized spacial score (nSPS) is 10.0. The summed E-state index contributed by atoms with van der Waals surface area (Å²) in [5.74, 6) is 0.400. The maximum absolute atomic E-state index is 12.3. The van der Waals surface area contributed by atoms with Crippen LogP contribution in [0.15, 0.2) is 36.4 Å². The number of methoxy groups -OCH3 is 2. The van der Waals surface area contributed by atoms with E-state index < -0.39 is 0 Å². The van der Waals surface area contributed by atoms with Crippen molar-refractivity contribution >= 4 is 23.2 Å². The van der Waals surface area contributed by atoms with Crippen molar-refractivity contribution in [1.82, 2.24) is 0 Å². The van der Waals surface area contributed by atoms with Gasteiger partial charge in [0.25, 0.3) is 5.91 Å². The Morgan fingerprint density at radius 3 is 2.57 bits per heavy atom. The van der Waals surface area contributed by atoms with E-state index in [0.717, 1.165) is 0 Å². The van der Waals surface area contributed by atoms with Gasteiger partial charge in [-0.25, -0.2) is 0 Å². The predicted molar refractivity (Wildman–Crippen MR) is 80.6 cm³/mol. The number of ether oxygens (including phenoxy) is 2. The number of phenolic OH excluding ortho intramolecular Hbond substituents is 1. The van der Waals surface area contributed by atoms with Crippen molar-refractivity contribution in [3.63, 3.8) is 0 Å². The number of hydrogen-bond donors (Lipinski definition) is 2. The van der Waals surface area contributed by atoms with Gasteiger partial charge in [-0.2, -0.15) is 0 Å². The number of rotatable bonds is 4. The first-order valence-corrected chi connectivity index (χ1v) is 6.45. The van der Waals surface area contributed by atoms with E-state index in [1.165, 1.54) is 26.4 Å². The summed E-state index contributed by atoms with van der Waals surface area (Å²) in [6, 6.07) is 9.43. The number of amides is 1. The van der Waals surface area contributed by atoms with Crippen molar-refractivity contribution in [3.05, 3.63) is 47.0 Å². The molecule has 2 rings (SSSR count). The Morgan fingerprint density at radius 1 is 1.19 bits per heavy atom. The van der Waals surface area contributed by atoms with E-state index in [4.69, 9.17) is 21.1 Å². The topological polar surface area (TPSA) is 67.8 Å². The van der Waals surface area contributed by atoms with Gasteiger partial charge in [0, 0.05) is 5.69 Å². The van der Waals surface area contributed by atoms with E-state index in [0.29, 0.717) is 22.7 Å². The smallest absolute Gasteiger partial charge is 0.259 e. The summed E-state index contributed by atoms with van der Waals surface area (Å²) in [5.41, 5.74) is 0.800. The molecule has 110 valence electrons. The molecule has 0 atom stereocenters. The van der Waals surface area contributed by atoms with Crippen molar-refractivity contribution in [3.8, 4) is 17.2 Å². The molecule has 0 fully saturated rings. The second-order valence-electron chi connectivity index (χ2n) is 4.16. The minimum Gasteiger partial charge on any atom is -0.506 e. The average molecular weight is 308 g/mol. The zero-order valence-corrected chi connectivity index (χ0v) is 12.3. The number of carbonyl (C=O) groups is 1. The first-order chi connectivity index (χ1) is 10.1. The summed E-state index contributed by atoms with van der Waals surface area (Å²) >= 11 is 5.80. The maximum atomic E-state index is 12.3. The third kappa shape index (κ3) is 3.20. The fourth-order valence-corrected chi connectivity index (χ4v) is 2.03. The maximum Gasteiger partial charge on any atom is 0.259 e. The molecule has 5 nitrogen and oxygen atoms in total. The van der Waals surface area contributed by atoms with Gasteiger partial charge in [0.1, 0.15) is 5.75 Å². The van der Waals surface area contributed by atoms with Crippen LogP contribution in [0.3, 0.4) is 0 Å². The zero-order valence-electron chi connectivity index (χ0n) is 11.5. The number of para-hydroxylation sites is 1. The first-order valence-electron chi connectivity index (χ1n) is 6.07. The van der Waals surface area contributed by atoms with Crippen LogP contribution in [0.4, 0.5) is 5.69 Å². The van der Waals surface area contributed by atoms with Gasteiger partial charge in [0.05, 0.1) is 24.8 Å². The van der Waals surface area contributed by atoms with E-state index in [1.54, 1.807) is 24.3 Å². The molecule has 0 heterocycles. The molecule has 2 N–H and O–H groups in total. The molecular formula is C15H14ClNO4. The third-order valence-corrected chi connectivity index (χ3v) is 3.16. The van der Waals surface area contributed by atoms with E-state index in [1.807, 2.05) is 0 Å². The van der Waals surface area contributed by atoms with E-state index in [9.17, 15) is 9.90 Å². The van der Waals surface area contributed by atoms with Crippen molar-refractivity contribution in [2.75, 3.05) is 19.5 Å². The number of benzene rings is 2. The number of phenols is 1. The Bertz CT molecular complexity index is 673. The largest absolute Gasteiger partial charge is 0.506 e. The lowest BCUT2D eigenvalue weighted by Gasteiger charge is -2.12. The van der Waals surface area contributed by atoms with Crippen molar-refractivity contribution < 1.29 is 19.4 Å². The van der Waals surface area contributed by atoms with Gasteiger partial charge in [-0.1, -0.05) is 17.7 Å². The van der Waals surface area contributed by atoms with E-state index in [-0.39, 0.29) is 16.7 Å². The highest BCUT2D eigenvalue weighted by Gasteiger charge is 2.16. The van der Waals surface area contributed by atoms with Crippen molar-refractivity contribution in [1.29, 1.82) is 0 Å². The number of carbonyl (C=O) groups excluding carboxylic acids is 1. The van der Waals surface area contributed by atoms with Crippen LogP contribution in [0, 0.1) is 0 Å². The van der Waals surface area contributed by atoms with Gasteiger partial charge < -0.3 is 19.9 Å². The molecule has 6 heteroatoms. The molecule has 0 bridgehead atoms. The van der Waals surface area contributed by atoms with E-state index >= 15 is 0 Å². The fourth-order valence-electron chi connectivity index (χ4n) is 1.85. The van der Waals surface area contributed by atoms with Gasteiger partial charge in [0.15, 0.2) is 11.5 Å². The molecule has 0 aliphatic carbocycles. The molecule has 2 aromatic rings. The van der Waals surface area contributed by atoms with Crippen molar-refractivity contribution in [2.24, 2.45) is 0 Å². The summed E-state index contributed by atoms with van der Waals surface area (Å²) < 4.78 is 10.4. The van der Waals surface area contributed by atoms with Crippen LogP contribution < -0.4 is 14.8 Å². The second-order valence-corrected chi connectivity index (χ2v) is 4.57. The Labute approximate surface area is 127 Å². The summed E-state index contributed by atoms with van der Waals surface area (Å²) in [4.78, 5) is 12.3. The van der Waals surface area contributed by atoms with Gasteiger partial charge in [0.2, 0.25) is 0 Å². The highest BCUT2D eigenvalue weighted by atomic mass is 35.5. The zero-order chi connectivity index (χ0) is 15.4. The summed E-state index contributed by atoms with van der Waals surface area (Å²) in [6.45, 7) is 0. The summed E-state index contributed by atoms with van der Waals surface area (Å²) in [5, 5.41) is 12.2. The Kier molecular flexibility index (Phi) is 4.55. The Balaban J connectivity index is 2.30. The Hall–Kier alpha value is -2.40. The van der Waals surface area contributed by atoms with Crippen LogP contribution in [0.25, 0.3) is 0 Å². The van der Waals surface area contributed by atoms with Crippen LogP contribution in [-0.4, -0.2) is 25.2 Å². The summed E-state index contributed by atoms with van der Waals surface area (Å²) in [6.07, 6.45) is 0. The lowest BCUT2D eigenvalue weighted by Crippen LogP contribution is -2.13. The van der Waals surface area contributed by atoms with Gasteiger partial charge >= 0.3 is 0 Å². The molecule has 0 saturated carbocycles. The molecule has 1 amide bonds. The lowest BCUT2D eigenvalue weighted by atomic mass is 10.1. The highest BCUT2D eigenvalue weighted by molar-refractivity contribution is 6.32. The average Bonchev–Trinajstić information content (AvgIpc) is 2.49. The van der Waals surface area contributed by atoms with E-state index in [2.05, 4.69) is 5.32 Å². The van der Waals surface area contributed by atoms with Crippen LogP contribution in [0.1, 0.15) is 10.4 Å². The van der Waals surface area contributed by atoms with Gasteiger partial charge in [-0.05, 0) is 30.3 Å². The highest BCUT2D eigenvalue weighted by Crippen LogP contribution is 2.32. The number of aromatic hydroxyl groups is 1. The molecule has 0 spiro atoms. The van der Waals surface area contributed by atoms with Crippen LogP contribution in [0.2, 0.25) is 5.02 Å². The number of nitrogens with one attached hydrogen (secondary N) is 1. The van der Waals surface area contributed by atoms with Gasteiger partial charge in [-0.3, -0.25) is 4.79 Å². The third-order valence-electron chi connectivity index (χ3n) is 2.85. The molecule has 0 unspecified atom stereocenters. The first kappa shape index (κ1) is 15.0. The standard InChI is InChI=1S/C15H14ClNO4/c1-20-13-5-3-4-10(14(13)21-2)15(19)17-9-6-7-12(18)11(16)8-9/h3-8,18H,1-2H3,(H,17,19). The monoisotopic (exact) mass is 307 g/mol. The lowest BCUT2D eigenvalue weighted by molar-refractivity contribution is 0.102. The van der Waals surface area contributed by atoms with Crippen LogP contribution >= 0.6 is 11.6 Å². The predicted octanol–water partition coefficient (Wildman–Crippen LogP) is 3.32. The minimum atomic E-state index is -0.368. The number of halogens is 1. The molecule has 0 aliphatic heterocycles. The quantitative estimate of drug-likeness (QED) is 0.850. The molecule has 21 heavy (non-hydrogen) atoms. The van der Waals surface area contributed by atoms with Crippen LogP contribution in [-0.2, 0) is 0 Å². The second kappa shape index (κ2) is 6.37. The molecule has 0 radical (unpaired) electrons. The number of anilines is 1. The molecule has 2 aromatic carbocycles. The molecular weight excluding hydrogens is 294 g/mol. The summed E-state index contributed by atoms with van der Waals surface area (Å²) in [7, 11) is 2.96. The number of hydrogen-bond acceptors (Lipinski definition) is 4. The van der Waals surface area contributed by atoms with Crippen LogP contribution in [0.5, 0.6) is 17.2 Å². The Morgan fingerprint density at radius 2 is 1.95 bits per heavy atom.